The molecule has 0 aliphatic rings. The molecular weight excluding hydrogens is 344 g/mol. The first-order chi connectivity index (χ1) is 10.1. The number of para-hydroxylation sites is 2. The topological polar surface area (TPSA) is 41.5 Å². The molecular formula is C15H14BrF2NO2. The molecule has 2 aromatic rings. The molecule has 0 aromatic heterocycles. The van der Waals surface area contributed by atoms with Crippen molar-refractivity contribution in [1.29, 1.82) is 0 Å². The maximum Gasteiger partial charge on any atom is 0.165 e. The van der Waals surface area contributed by atoms with Crippen molar-refractivity contribution in [3.05, 3.63) is 58.6 Å². The first-order valence-electron chi connectivity index (χ1n) is 6.31. The number of anilines is 1. The average Bonchev–Trinajstić information content (AvgIpc) is 2.46. The Balaban J connectivity index is 1.85. The Morgan fingerprint density at radius 1 is 1.10 bits per heavy atom. The third kappa shape index (κ3) is 4.41. The molecule has 112 valence electrons. The minimum atomic E-state index is -0.906. The van der Waals surface area contributed by atoms with Crippen LogP contribution in [-0.4, -0.2) is 24.4 Å². The van der Waals surface area contributed by atoms with Crippen LogP contribution < -0.4 is 10.1 Å². The van der Waals surface area contributed by atoms with Gasteiger partial charge in [-0.05, 0) is 40.2 Å². The summed E-state index contributed by atoms with van der Waals surface area (Å²) in [6, 6.07) is 10.5. The molecule has 6 heteroatoms. The minimum Gasteiger partial charge on any atom is -0.488 e. The van der Waals surface area contributed by atoms with Crippen LogP contribution in [0.5, 0.6) is 5.75 Å². The molecule has 2 aromatic carbocycles. The summed E-state index contributed by atoms with van der Waals surface area (Å²) in [6.07, 6.45) is -0.906. The Hall–Kier alpha value is -1.66. The summed E-state index contributed by atoms with van der Waals surface area (Å²) in [5.74, 6) is -0.843. The maximum atomic E-state index is 13.5. The van der Waals surface area contributed by atoms with Gasteiger partial charge in [-0.3, -0.25) is 0 Å². The van der Waals surface area contributed by atoms with Crippen molar-refractivity contribution in [2.24, 2.45) is 0 Å². The van der Waals surface area contributed by atoms with E-state index in [0.29, 0.717) is 4.47 Å². The number of hydrogen-bond acceptors (Lipinski definition) is 3. The van der Waals surface area contributed by atoms with Crippen LogP contribution in [-0.2, 0) is 0 Å². The van der Waals surface area contributed by atoms with Crippen LogP contribution in [0.15, 0.2) is 46.9 Å². The number of halogens is 3. The number of ether oxygens (including phenoxy) is 1. The maximum absolute atomic E-state index is 13.5. The van der Waals surface area contributed by atoms with Gasteiger partial charge in [0.1, 0.15) is 18.5 Å². The fourth-order valence-electron chi connectivity index (χ4n) is 1.69. The molecule has 0 spiro atoms. The first kappa shape index (κ1) is 15.7. The Kier molecular flexibility index (Phi) is 5.52. The van der Waals surface area contributed by atoms with Gasteiger partial charge in [0.2, 0.25) is 0 Å². The number of aliphatic hydroxyl groups excluding tert-OH is 1. The van der Waals surface area contributed by atoms with Crippen LogP contribution in [0, 0.1) is 11.6 Å². The van der Waals surface area contributed by atoms with Crippen LogP contribution in [0.25, 0.3) is 0 Å². The van der Waals surface area contributed by atoms with Crippen molar-refractivity contribution in [3.8, 4) is 5.75 Å². The van der Waals surface area contributed by atoms with E-state index in [-0.39, 0.29) is 24.6 Å². The second kappa shape index (κ2) is 7.38. The molecule has 2 N–H and O–H groups in total. The van der Waals surface area contributed by atoms with Gasteiger partial charge in [-0.1, -0.05) is 18.2 Å². The minimum absolute atomic E-state index is 0.0728. The second-order valence-corrected chi connectivity index (χ2v) is 5.23. The lowest BCUT2D eigenvalue weighted by Crippen LogP contribution is -2.26. The number of hydrogen-bond donors (Lipinski definition) is 2. The first-order valence-corrected chi connectivity index (χ1v) is 7.10. The van der Waals surface area contributed by atoms with Crippen LogP contribution in [0.1, 0.15) is 0 Å². The van der Waals surface area contributed by atoms with Crippen LogP contribution in [0.4, 0.5) is 14.5 Å². The number of benzene rings is 2. The smallest absolute Gasteiger partial charge is 0.165 e. The molecule has 0 saturated heterocycles. The van der Waals surface area contributed by atoms with E-state index in [2.05, 4.69) is 21.2 Å². The predicted molar refractivity (Wildman–Crippen MR) is 80.5 cm³/mol. The summed E-state index contributed by atoms with van der Waals surface area (Å²) in [5, 5.41) is 12.6. The van der Waals surface area contributed by atoms with Gasteiger partial charge in [-0.25, -0.2) is 8.78 Å². The van der Waals surface area contributed by atoms with E-state index in [1.54, 1.807) is 24.3 Å². The molecule has 0 heterocycles. The third-order valence-electron chi connectivity index (χ3n) is 2.75. The zero-order valence-electron chi connectivity index (χ0n) is 11.0. The summed E-state index contributed by atoms with van der Waals surface area (Å²) in [6.45, 7) is -0.0199. The van der Waals surface area contributed by atoms with Gasteiger partial charge in [0, 0.05) is 11.0 Å². The molecule has 1 unspecified atom stereocenters. The van der Waals surface area contributed by atoms with Crippen molar-refractivity contribution in [2.45, 2.75) is 6.10 Å². The Bertz CT molecular complexity index is 590. The third-order valence-corrected chi connectivity index (χ3v) is 3.41. The molecule has 0 aliphatic heterocycles. The highest BCUT2D eigenvalue weighted by Crippen LogP contribution is 2.25. The SMILES string of the molecule is OC(CNc1c(F)cccc1Br)COc1ccccc1F. The van der Waals surface area contributed by atoms with E-state index in [0.717, 1.165) is 0 Å². The summed E-state index contributed by atoms with van der Waals surface area (Å²) in [5.41, 5.74) is 0.266. The van der Waals surface area contributed by atoms with Crippen molar-refractivity contribution in [2.75, 3.05) is 18.5 Å². The van der Waals surface area contributed by atoms with Gasteiger partial charge < -0.3 is 15.2 Å². The highest BCUT2D eigenvalue weighted by molar-refractivity contribution is 9.10. The Morgan fingerprint density at radius 2 is 1.81 bits per heavy atom. The summed E-state index contributed by atoms with van der Waals surface area (Å²) >= 11 is 3.22. The lowest BCUT2D eigenvalue weighted by Gasteiger charge is -2.15. The Labute approximate surface area is 129 Å². The van der Waals surface area contributed by atoms with E-state index in [9.17, 15) is 13.9 Å². The number of nitrogens with one attached hydrogen (secondary N) is 1. The molecule has 0 fully saturated rings. The summed E-state index contributed by atoms with van der Waals surface area (Å²) in [7, 11) is 0. The molecule has 0 aliphatic carbocycles. The van der Waals surface area contributed by atoms with E-state index < -0.39 is 17.7 Å². The van der Waals surface area contributed by atoms with Crippen molar-refractivity contribution in [3.63, 3.8) is 0 Å². The zero-order chi connectivity index (χ0) is 15.2. The Morgan fingerprint density at radius 3 is 2.52 bits per heavy atom. The van der Waals surface area contributed by atoms with Gasteiger partial charge in [0.15, 0.2) is 11.6 Å². The second-order valence-electron chi connectivity index (χ2n) is 4.37. The lowest BCUT2D eigenvalue weighted by atomic mass is 10.3. The van der Waals surface area contributed by atoms with Gasteiger partial charge in [0.05, 0.1) is 5.69 Å². The largest absolute Gasteiger partial charge is 0.488 e. The van der Waals surface area contributed by atoms with Crippen LogP contribution in [0.2, 0.25) is 0 Å². The molecule has 0 radical (unpaired) electrons. The normalized spacial score (nSPS) is 12.0. The summed E-state index contributed by atoms with van der Waals surface area (Å²) in [4.78, 5) is 0. The zero-order valence-corrected chi connectivity index (χ0v) is 12.6. The standard InChI is InChI=1S/C15H14BrF2NO2/c16-11-4-3-6-13(18)15(11)19-8-10(20)9-21-14-7-2-1-5-12(14)17/h1-7,10,19-20H,8-9H2. The van der Waals surface area contributed by atoms with Crippen molar-refractivity contribution < 1.29 is 18.6 Å². The van der Waals surface area contributed by atoms with Gasteiger partial charge in [0.25, 0.3) is 0 Å². The van der Waals surface area contributed by atoms with Gasteiger partial charge in [-0.15, -0.1) is 0 Å². The van der Waals surface area contributed by atoms with Crippen LogP contribution in [0.3, 0.4) is 0 Å². The van der Waals surface area contributed by atoms with E-state index in [1.165, 1.54) is 18.2 Å². The number of aliphatic hydroxyl groups is 1. The quantitative estimate of drug-likeness (QED) is 0.830. The predicted octanol–water partition coefficient (Wildman–Crippen LogP) is 3.58. The molecule has 0 amide bonds. The fraction of sp³-hybridized carbons (Fsp3) is 0.200. The highest BCUT2D eigenvalue weighted by Gasteiger charge is 2.11. The van der Waals surface area contributed by atoms with E-state index >= 15 is 0 Å². The summed E-state index contributed by atoms with van der Waals surface area (Å²) < 4.78 is 32.6. The molecule has 0 bridgehead atoms. The van der Waals surface area contributed by atoms with E-state index in [4.69, 9.17) is 4.74 Å². The monoisotopic (exact) mass is 357 g/mol. The van der Waals surface area contributed by atoms with Crippen LogP contribution >= 0.6 is 15.9 Å². The fourth-order valence-corrected chi connectivity index (χ4v) is 2.18. The molecule has 2 rings (SSSR count). The van der Waals surface area contributed by atoms with Gasteiger partial charge >= 0.3 is 0 Å². The van der Waals surface area contributed by atoms with Crippen molar-refractivity contribution in [1.82, 2.24) is 0 Å². The molecule has 1 atom stereocenters. The number of rotatable bonds is 6. The van der Waals surface area contributed by atoms with Gasteiger partial charge in [-0.2, -0.15) is 0 Å². The molecule has 3 nitrogen and oxygen atoms in total. The highest BCUT2D eigenvalue weighted by atomic mass is 79.9. The lowest BCUT2D eigenvalue weighted by molar-refractivity contribution is 0.115. The average molecular weight is 358 g/mol. The van der Waals surface area contributed by atoms with Crippen molar-refractivity contribution >= 4 is 21.6 Å². The van der Waals surface area contributed by atoms with E-state index in [1.807, 2.05) is 0 Å². The molecule has 21 heavy (non-hydrogen) atoms. The molecule has 0 saturated carbocycles.